The van der Waals surface area contributed by atoms with Crippen molar-refractivity contribution in [2.24, 2.45) is 0 Å². The molecule has 1 fully saturated rings. The van der Waals surface area contributed by atoms with Gasteiger partial charge in [0.15, 0.2) is 0 Å². The van der Waals surface area contributed by atoms with Gasteiger partial charge in [0.1, 0.15) is 5.75 Å². The number of benzene rings is 1. The Morgan fingerprint density at radius 3 is 2.50 bits per heavy atom. The predicted molar refractivity (Wildman–Crippen MR) is 71.7 cm³/mol. The minimum Gasteiger partial charge on any atom is -0.496 e. The topological polar surface area (TPSA) is 29.5 Å². The van der Waals surface area contributed by atoms with E-state index >= 15 is 0 Å². The normalized spacial score (nSPS) is 16.2. The fourth-order valence-corrected chi connectivity index (χ4v) is 2.44. The summed E-state index contributed by atoms with van der Waals surface area (Å²) < 4.78 is 5.29. The summed E-state index contributed by atoms with van der Waals surface area (Å²) in [5.41, 5.74) is 0.981. The number of carbonyl (C=O) groups excluding carboxylic acids is 1. The molecule has 0 bridgehead atoms. The lowest BCUT2D eigenvalue weighted by molar-refractivity contribution is -0.130. The van der Waals surface area contributed by atoms with E-state index in [2.05, 4.69) is 0 Å². The van der Waals surface area contributed by atoms with Crippen molar-refractivity contribution in [1.29, 1.82) is 0 Å². The van der Waals surface area contributed by atoms with E-state index in [9.17, 15) is 4.79 Å². The van der Waals surface area contributed by atoms with Crippen LogP contribution in [0.1, 0.15) is 31.2 Å². The molecule has 1 aliphatic heterocycles. The predicted octanol–water partition coefficient (Wildman–Crippen LogP) is 2.64. The van der Waals surface area contributed by atoms with E-state index in [1.165, 1.54) is 12.8 Å². The number of likely N-dealkylation sites (tertiary alicyclic amines) is 1. The van der Waals surface area contributed by atoms with Gasteiger partial charge in [-0.1, -0.05) is 31.0 Å². The molecular formula is C15H21NO2. The van der Waals surface area contributed by atoms with E-state index in [1.54, 1.807) is 7.11 Å². The summed E-state index contributed by atoms with van der Waals surface area (Å²) in [4.78, 5) is 14.3. The van der Waals surface area contributed by atoms with Crippen LogP contribution in [-0.4, -0.2) is 31.0 Å². The SMILES string of the molecule is COc1ccccc1CC(=O)N1CCCCCC1. The quantitative estimate of drug-likeness (QED) is 0.821. The monoisotopic (exact) mass is 247 g/mol. The van der Waals surface area contributed by atoms with E-state index < -0.39 is 0 Å². The second kappa shape index (κ2) is 6.43. The molecule has 1 aromatic carbocycles. The molecule has 0 unspecified atom stereocenters. The van der Waals surface area contributed by atoms with Crippen molar-refractivity contribution >= 4 is 5.91 Å². The standard InChI is InChI=1S/C15H21NO2/c1-18-14-9-5-4-8-13(14)12-15(17)16-10-6-2-3-7-11-16/h4-5,8-9H,2-3,6-7,10-12H2,1H3. The van der Waals surface area contributed by atoms with Crippen LogP contribution in [0.5, 0.6) is 5.75 Å². The van der Waals surface area contributed by atoms with Crippen LogP contribution in [0.4, 0.5) is 0 Å². The molecule has 0 aromatic heterocycles. The van der Waals surface area contributed by atoms with Gasteiger partial charge in [-0.3, -0.25) is 4.79 Å². The van der Waals surface area contributed by atoms with Gasteiger partial charge in [-0.25, -0.2) is 0 Å². The minimum absolute atomic E-state index is 0.224. The molecule has 0 N–H and O–H groups in total. The largest absolute Gasteiger partial charge is 0.496 e. The average Bonchev–Trinajstić information content (AvgIpc) is 2.68. The zero-order valence-electron chi connectivity index (χ0n) is 11.0. The van der Waals surface area contributed by atoms with Crippen molar-refractivity contribution in [3.63, 3.8) is 0 Å². The summed E-state index contributed by atoms with van der Waals surface area (Å²) in [5, 5.41) is 0. The average molecular weight is 247 g/mol. The molecular weight excluding hydrogens is 226 g/mol. The first-order chi connectivity index (χ1) is 8.81. The number of rotatable bonds is 3. The fraction of sp³-hybridized carbons (Fsp3) is 0.533. The minimum atomic E-state index is 0.224. The fourth-order valence-electron chi connectivity index (χ4n) is 2.44. The van der Waals surface area contributed by atoms with Crippen LogP contribution in [-0.2, 0) is 11.2 Å². The molecule has 0 aliphatic carbocycles. The highest BCUT2D eigenvalue weighted by molar-refractivity contribution is 5.79. The molecule has 18 heavy (non-hydrogen) atoms. The lowest BCUT2D eigenvalue weighted by Gasteiger charge is -2.20. The Kier molecular flexibility index (Phi) is 4.62. The molecule has 2 rings (SSSR count). The van der Waals surface area contributed by atoms with E-state index in [-0.39, 0.29) is 5.91 Å². The Hall–Kier alpha value is -1.51. The molecule has 3 heteroatoms. The molecule has 1 aromatic rings. The van der Waals surface area contributed by atoms with Crippen molar-refractivity contribution < 1.29 is 9.53 Å². The third kappa shape index (κ3) is 3.25. The first-order valence-electron chi connectivity index (χ1n) is 6.71. The first-order valence-corrected chi connectivity index (χ1v) is 6.71. The zero-order chi connectivity index (χ0) is 12.8. The summed E-state index contributed by atoms with van der Waals surface area (Å²) in [6.45, 7) is 1.82. The van der Waals surface area contributed by atoms with Gasteiger partial charge in [-0.05, 0) is 18.9 Å². The summed E-state index contributed by atoms with van der Waals surface area (Å²) in [6, 6.07) is 7.76. The Balaban J connectivity index is 2.01. The molecule has 1 amide bonds. The van der Waals surface area contributed by atoms with Crippen molar-refractivity contribution in [2.75, 3.05) is 20.2 Å². The second-order valence-corrected chi connectivity index (χ2v) is 4.78. The second-order valence-electron chi connectivity index (χ2n) is 4.78. The smallest absolute Gasteiger partial charge is 0.227 e. The number of nitrogens with zero attached hydrogens (tertiary/aromatic N) is 1. The third-order valence-corrected chi connectivity index (χ3v) is 3.49. The lowest BCUT2D eigenvalue weighted by atomic mass is 10.1. The molecule has 1 heterocycles. The zero-order valence-corrected chi connectivity index (χ0v) is 11.0. The van der Waals surface area contributed by atoms with Gasteiger partial charge in [-0.15, -0.1) is 0 Å². The van der Waals surface area contributed by atoms with Crippen molar-refractivity contribution in [3.05, 3.63) is 29.8 Å². The highest BCUT2D eigenvalue weighted by Crippen LogP contribution is 2.19. The number of para-hydroxylation sites is 1. The molecule has 0 saturated carbocycles. The maximum atomic E-state index is 12.3. The highest BCUT2D eigenvalue weighted by atomic mass is 16.5. The lowest BCUT2D eigenvalue weighted by Crippen LogP contribution is -2.33. The number of hydrogen-bond acceptors (Lipinski definition) is 2. The molecule has 0 radical (unpaired) electrons. The third-order valence-electron chi connectivity index (χ3n) is 3.49. The number of methoxy groups -OCH3 is 1. The Bertz CT molecular complexity index is 395. The summed E-state index contributed by atoms with van der Waals surface area (Å²) in [6.07, 6.45) is 5.22. The summed E-state index contributed by atoms with van der Waals surface area (Å²) in [7, 11) is 1.65. The van der Waals surface area contributed by atoms with Crippen molar-refractivity contribution in [1.82, 2.24) is 4.90 Å². The molecule has 3 nitrogen and oxygen atoms in total. The number of amides is 1. The van der Waals surface area contributed by atoms with Gasteiger partial charge >= 0.3 is 0 Å². The number of carbonyl (C=O) groups is 1. The van der Waals surface area contributed by atoms with Gasteiger partial charge < -0.3 is 9.64 Å². The van der Waals surface area contributed by atoms with Gasteiger partial charge in [-0.2, -0.15) is 0 Å². The van der Waals surface area contributed by atoms with E-state index in [0.29, 0.717) is 6.42 Å². The van der Waals surface area contributed by atoms with Crippen LogP contribution in [0.25, 0.3) is 0 Å². The number of ether oxygens (including phenoxy) is 1. The van der Waals surface area contributed by atoms with Gasteiger partial charge in [0.05, 0.1) is 13.5 Å². The highest BCUT2D eigenvalue weighted by Gasteiger charge is 2.17. The molecule has 0 spiro atoms. The molecule has 1 saturated heterocycles. The van der Waals surface area contributed by atoms with Crippen LogP contribution in [0.3, 0.4) is 0 Å². The van der Waals surface area contributed by atoms with Crippen molar-refractivity contribution in [2.45, 2.75) is 32.1 Å². The van der Waals surface area contributed by atoms with Gasteiger partial charge in [0.25, 0.3) is 0 Å². The molecule has 98 valence electrons. The first kappa shape index (κ1) is 12.9. The van der Waals surface area contributed by atoms with E-state index in [0.717, 1.165) is 37.2 Å². The van der Waals surface area contributed by atoms with Crippen LogP contribution in [0, 0.1) is 0 Å². The molecule has 0 atom stereocenters. The van der Waals surface area contributed by atoms with Crippen molar-refractivity contribution in [3.8, 4) is 5.75 Å². The maximum Gasteiger partial charge on any atom is 0.227 e. The Morgan fingerprint density at radius 2 is 1.83 bits per heavy atom. The summed E-state index contributed by atoms with van der Waals surface area (Å²) >= 11 is 0. The summed E-state index contributed by atoms with van der Waals surface area (Å²) in [5.74, 6) is 1.03. The Labute approximate surface area is 109 Å². The number of hydrogen-bond donors (Lipinski definition) is 0. The van der Waals surface area contributed by atoms with E-state index in [4.69, 9.17) is 4.74 Å². The molecule has 1 aliphatic rings. The van der Waals surface area contributed by atoms with E-state index in [1.807, 2.05) is 29.2 Å². The van der Waals surface area contributed by atoms with Crippen LogP contribution < -0.4 is 4.74 Å². The van der Waals surface area contributed by atoms with Gasteiger partial charge in [0.2, 0.25) is 5.91 Å². The Morgan fingerprint density at radius 1 is 1.17 bits per heavy atom. The maximum absolute atomic E-state index is 12.3. The van der Waals surface area contributed by atoms with Crippen LogP contribution in [0.2, 0.25) is 0 Å². The van der Waals surface area contributed by atoms with Crippen LogP contribution >= 0.6 is 0 Å². The van der Waals surface area contributed by atoms with Crippen LogP contribution in [0.15, 0.2) is 24.3 Å². The van der Waals surface area contributed by atoms with Gasteiger partial charge in [0, 0.05) is 18.7 Å².